The largest absolute Gasteiger partial charge is 0.353 e. The minimum Gasteiger partial charge on any atom is -0.353 e. The van der Waals surface area contributed by atoms with Crippen LogP contribution in [-0.2, 0) is 14.8 Å². The lowest BCUT2D eigenvalue weighted by atomic mass is 9.94. The van der Waals surface area contributed by atoms with E-state index in [1.165, 1.54) is 12.3 Å². The third-order valence-corrected chi connectivity index (χ3v) is 6.04. The molecule has 0 spiro atoms. The lowest BCUT2D eigenvalue weighted by Gasteiger charge is -2.38. The molecular weight excluding hydrogens is 414 g/mol. The molecule has 0 radical (unpaired) electrons. The van der Waals surface area contributed by atoms with Gasteiger partial charge in [-0.05, 0) is 24.3 Å². The molecule has 0 atom stereocenters. The second kappa shape index (κ2) is 8.17. The monoisotopic (exact) mass is 438 g/mol. The Labute approximate surface area is 174 Å². The Hall–Kier alpha value is -2.75. The van der Waals surface area contributed by atoms with Crippen molar-refractivity contribution in [3.63, 3.8) is 0 Å². The Morgan fingerprint density at radius 1 is 1.03 bits per heavy atom. The van der Waals surface area contributed by atoms with Crippen LogP contribution in [0.3, 0.4) is 0 Å². The molecule has 0 bridgehead atoms. The van der Waals surface area contributed by atoms with E-state index >= 15 is 0 Å². The number of aromatic nitrogens is 1. The number of halogens is 2. The van der Waals surface area contributed by atoms with Gasteiger partial charge < -0.3 is 9.80 Å². The van der Waals surface area contributed by atoms with Crippen molar-refractivity contribution in [1.82, 2.24) is 9.88 Å². The molecule has 1 aliphatic heterocycles. The zero-order valence-corrected chi connectivity index (χ0v) is 17.8. The van der Waals surface area contributed by atoms with E-state index in [-0.39, 0.29) is 16.5 Å². The first-order valence-corrected chi connectivity index (χ1v) is 10.9. The van der Waals surface area contributed by atoms with Crippen molar-refractivity contribution in [3.05, 3.63) is 48.2 Å². The van der Waals surface area contributed by atoms with Crippen LogP contribution in [0, 0.1) is 17.0 Å². The van der Waals surface area contributed by atoms with Crippen molar-refractivity contribution >= 4 is 27.4 Å². The summed E-state index contributed by atoms with van der Waals surface area (Å²) in [5, 5.41) is 0. The van der Waals surface area contributed by atoms with E-state index in [2.05, 4.69) is 9.71 Å². The predicted octanol–water partition coefficient (Wildman–Crippen LogP) is 2.86. The van der Waals surface area contributed by atoms with Crippen LogP contribution >= 0.6 is 0 Å². The highest BCUT2D eigenvalue weighted by Gasteiger charge is 2.30. The maximum absolute atomic E-state index is 13.3. The standard InChI is InChI=1S/C20H24F2N4O3S/c1-20(2,3)19(27)26-8-6-25(7-9-26)18-5-4-17(13-23-18)30(28,29)24-16-11-14(21)10-15(22)12-16/h4-5,10-13,24H,6-9H2,1-3H3. The van der Waals surface area contributed by atoms with Gasteiger partial charge in [-0.15, -0.1) is 0 Å². The van der Waals surface area contributed by atoms with E-state index < -0.39 is 27.1 Å². The average Bonchev–Trinajstić information content (AvgIpc) is 2.66. The summed E-state index contributed by atoms with van der Waals surface area (Å²) in [6.07, 6.45) is 1.19. The molecule has 1 aromatic heterocycles. The highest BCUT2D eigenvalue weighted by Crippen LogP contribution is 2.22. The molecule has 7 nitrogen and oxygen atoms in total. The second-order valence-corrected chi connectivity index (χ2v) is 9.83. The first-order chi connectivity index (χ1) is 14.0. The van der Waals surface area contributed by atoms with Crippen molar-refractivity contribution in [2.75, 3.05) is 35.8 Å². The zero-order valence-electron chi connectivity index (χ0n) is 17.0. The van der Waals surface area contributed by atoms with Crippen LogP contribution in [0.25, 0.3) is 0 Å². The summed E-state index contributed by atoms with van der Waals surface area (Å²) in [5.74, 6) is -1.08. The van der Waals surface area contributed by atoms with Crippen LogP contribution in [0.2, 0.25) is 0 Å². The molecule has 0 unspecified atom stereocenters. The number of pyridine rings is 1. The van der Waals surface area contributed by atoms with Crippen LogP contribution in [0.5, 0.6) is 0 Å². The van der Waals surface area contributed by atoms with Crippen LogP contribution in [0.15, 0.2) is 41.4 Å². The van der Waals surface area contributed by atoms with Gasteiger partial charge in [0, 0.05) is 43.9 Å². The van der Waals surface area contributed by atoms with Crippen LogP contribution in [-0.4, -0.2) is 50.4 Å². The zero-order chi connectivity index (χ0) is 22.1. The van der Waals surface area contributed by atoms with E-state index in [0.717, 1.165) is 12.1 Å². The number of carbonyl (C=O) groups is 1. The van der Waals surface area contributed by atoms with E-state index in [9.17, 15) is 22.0 Å². The first kappa shape index (κ1) is 21.9. The summed E-state index contributed by atoms with van der Waals surface area (Å²) in [6, 6.07) is 5.39. The highest BCUT2D eigenvalue weighted by atomic mass is 32.2. The van der Waals surface area contributed by atoms with E-state index in [4.69, 9.17) is 0 Å². The first-order valence-electron chi connectivity index (χ1n) is 9.45. The second-order valence-electron chi connectivity index (χ2n) is 8.14. The third-order valence-electron chi connectivity index (χ3n) is 4.68. The van der Waals surface area contributed by atoms with Gasteiger partial charge in [0.2, 0.25) is 5.91 Å². The Morgan fingerprint density at radius 3 is 2.13 bits per heavy atom. The molecule has 2 aromatic rings. The summed E-state index contributed by atoms with van der Waals surface area (Å²) >= 11 is 0. The van der Waals surface area contributed by atoms with Gasteiger partial charge in [0.15, 0.2) is 0 Å². The number of amides is 1. The molecule has 1 aromatic carbocycles. The van der Waals surface area contributed by atoms with E-state index in [1.807, 2.05) is 30.6 Å². The van der Waals surface area contributed by atoms with Gasteiger partial charge in [-0.25, -0.2) is 22.2 Å². The van der Waals surface area contributed by atoms with Gasteiger partial charge in [0.1, 0.15) is 22.3 Å². The number of nitrogens with one attached hydrogen (secondary N) is 1. The number of carbonyl (C=O) groups excluding carboxylic acids is 1. The number of sulfonamides is 1. The Kier molecular flexibility index (Phi) is 5.98. The van der Waals surface area contributed by atoms with E-state index in [0.29, 0.717) is 38.1 Å². The summed E-state index contributed by atoms with van der Waals surface area (Å²) < 4.78 is 53.7. The molecule has 30 heavy (non-hydrogen) atoms. The van der Waals surface area contributed by atoms with Crippen LogP contribution in [0.1, 0.15) is 20.8 Å². The Balaban J connectivity index is 1.67. The number of hydrogen-bond donors (Lipinski definition) is 1. The van der Waals surface area contributed by atoms with Gasteiger partial charge >= 0.3 is 0 Å². The van der Waals surface area contributed by atoms with Gasteiger partial charge in [-0.1, -0.05) is 20.8 Å². The summed E-state index contributed by atoms with van der Waals surface area (Å²) in [4.78, 5) is 20.3. The van der Waals surface area contributed by atoms with Crippen molar-refractivity contribution in [3.8, 4) is 0 Å². The SMILES string of the molecule is CC(C)(C)C(=O)N1CCN(c2ccc(S(=O)(=O)Nc3cc(F)cc(F)c3)cn2)CC1. The fourth-order valence-electron chi connectivity index (χ4n) is 3.16. The number of benzene rings is 1. The Bertz CT molecular complexity index is 1010. The van der Waals surface area contributed by atoms with Crippen molar-refractivity contribution < 1.29 is 22.0 Å². The molecular formula is C20H24F2N4O3S. The number of piperazine rings is 1. The molecule has 162 valence electrons. The lowest BCUT2D eigenvalue weighted by Crippen LogP contribution is -2.51. The maximum Gasteiger partial charge on any atom is 0.263 e. The van der Waals surface area contributed by atoms with Gasteiger partial charge in [0.25, 0.3) is 10.0 Å². The minimum atomic E-state index is -4.05. The predicted molar refractivity (Wildman–Crippen MR) is 110 cm³/mol. The Morgan fingerprint density at radius 2 is 1.63 bits per heavy atom. The number of hydrogen-bond acceptors (Lipinski definition) is 5. The highest BCUT2D eigenvalue weighted by molar-refractivity contribution is 7.92. The normalized spacial score (nSPS) is 15.2. The molecule has 1 fully saturated rings. The fraction of sp³-hybridized carbons (Fsp3) is 0.400. The molecule has 3 rings (SSSR count). The number of anilines is 2. The summed E-state index contributed by atoms with van der Waals surface area (Å²) in [5.41, 5.74) is -0.648. The van der Waals surface area contributed by atoms with Crippen LogP contribution in [0.4, 0.5) is 20.3 Å². The molecule has 1 N–H and O–H groups in total. The summed E-state index contributed by atoms with van der Waals surface area (Å²) in [6.45, 7) is 7.94. The van der Waals surface area contributed by atoms with Gasteiger partial charge in [-0.2, -0.15) is 0 Å². The molecule has 1 saturated heterocycles. The van der Waals surface area contributed by atoms with Crippen LogP contribution < -0.4 is 9.62 Å². The van der Waals surface area contributed by atoms with Gasteiger partial charge in [-0.3, -0.25) is 9.52 Å². The molecule has 1 amide bonds. The topological polar surface area (TPSA) is 82.6 Å². The third kappa shape index (κ3) is 5.05. The number of rotatable bonds is 4. The molecule has 0 aliphatic carbocycles. The average molecular weight is 439 g/mol. The summed E-state index contributed by atoms with van der Waals surface area (Å²) in [7, 11) is -4.05. The fourth-order valence-corrected chi connectivity index (χ4v) is 4.14. The molecule has 1 aliphatic rings. The molecule has 2 heterocycles. The molecule has 0 saturated carbocycles. The van der Waals surface area contributed by atoms with Crippen molar-refractivity contribution in [1.29, 1.82) is 0 Å². The van der Waals surface area contributed by atoms with Crippen molar-refractivity contribution in [2.45, 2.75) is 25.7 Å². The lowest BCUT2D eigenvalue weighted by molar-refractivity contribution is -0.139. The molecule has 10 heteroatoms. The minimum absolute atomic E-state index is 0.0939. The van der Waals surface area contributed by atoms with Crippen molar-refractivity contribution in [2.24, 2.45) is 5.41 Å². The van der Waals surface area contributed by atoms with E-state index in [1.54, 1.807) is 6.07 Å². The number of nitrogens with zero attached hydrogens (tertiary/aromatic N) is 3. The smallest absolute Gasteiger partial charge is 0.263 e. The van der Waals surface area contributed by atoms with Gasteiger partial charge in [0.05, 0.1) is 5.69 Å². The quantitative estimate of drug-likeness (QED) is 0.794. The maximum atomic E-state index is 13.3.